The summed E-state index contributed by atoms with van der Waals surface area (Å²) in [4.78, 5) is 34.0. The molecule has 7 nitrogen and oxygen atoms in total. The molecule has 0 radical (unpaired) electrons. The van der Waals surface area contributed by atoms with Crippen molar-refractivity contribution in [2.75, 3.05) is 6.61 Å². The van der Waals surface area contributed by atoms with Crippen molar-refractivity contribution < 1.29 is 19.4 Å². The number of nitrogens with zero attached hydrogens (tertiary/aromatic N) is 1. The predicted molar refractivity (Wildman–Crippen MR) is 73.7 cm³/mol. The maximum atomic E-state index is 11.9. The van der Waals surface area contributed by atoms with E-state index in [-0.39, 0.29) is 24.2 Å². The summed E-state index contributed by atoms with van der Waals surface area (Å²) >= 11 is 0. The molecule has 0 amide bonds. The van der Waals surface area contributed by atoms with Gasteiger partial charge >= 0.3 is 11.9 Å². The van der Waals surface area contributed by atoms with Crippen LogP contribution in [0.4, 0.5) is 0 Å². The minimum atomic E-state index is -1.04. The summed E-state index contributed by atoms with van der Waals surface area (Å²) < 4.78 is 6.04. The third-order valence-electron chi connectivity index (χ3n) is 2.79. The number of carboxylic acid groups (broad SMARTS) is 1. The Morgan fingerprint density at radius 2 is 1.95 bits per heavy atom. The van der Waals surface area contributed by atoms with Crippen LogP contribution in [0.1, 0.15) is 23.0 Å². The third-order valence-corrected chi connectivity index (χ3v) is 2.79. The molecule has 0 saturated heterocycles. The van der Waals surface area contributed by atoms with Crippen LogP contribution in [0.15, 0.2) is 35.1 Å². The van der Waals surface area contributed by atoms with Gasteiger partial charge < -0.3 is 9.84 Å². The van der Waals surface area contributed by atoms with E-state index in [0.29, 0.717) is 11.4 Å². The Balaban J connectivity index is 2.24. The fourth-order valence-corrected chi connectivity index (χ4v) is 1.85. The lowest BCUT2D eigenvalue weighted by molar-refractivity contribution is -0.142. The molecule has 0 saturated carbocycles. The second-order valence-electron chi connectivity index (χ2n) is 4.29. The monoisotopic (exact) mass is 290 g/mol. The highest BCUT2D eigenvalue weighted by atomic mass is 16.5. The highest BCUT2D eigenvalue weighted by molar-refractivity contribution is 5.87. The number of carbonyl (C=O) groups excluding carboxylic acids is 1. The largest absolute Gasteiger partial charge is 0.478 e. The topological polar surface area (TPSA) is 101 Å². The van der Waals surface area contributed by atoms with E-state index in [9.17, 15) is 14.4 Å². The molecule has 1 heterocycles. The average Bonchev–Trinajstić information content (AvgIpc) is 2.79. The van der Waals surface area contributed by atoms with Crippen LogP contribution in [0.5, 0.6) is 0 Å². The van der Waals surface area contributed by atoms with Gasteiger partial charge in [0.25, 0.3) is 5.56 Å². The van der Waals surface area contributed by atoms with Crippen LogP contribution >= 0.6 is 0 Å². The van der Waals surface area contributed by atoms with E-state index in [0.717, 1.165) is 0 Å². The highest BCUT2D eigenvalue weighted by Gasteiger charge is 2.10. The first-order valence-corrected chi connectivity index (χ1v) is 6.31. The van der Waals surface area contributed by atoms with E-state index in [1.807, 2.05) is 0 Å². The Labute approximate surface area is 119 Å². The van der Waals surface area contributed by atoms with Crippen LogP contribution in [0.3, 0.4) is 0 Å². The van der Waals surface area contributed by atoms with E-state index < -0.39 is 11.9 Å². The summed E-state index contributed by atoms with van der Waals surface area (Å²) in [5.41, 5.74) is 0.711. The first-order chi connectivity index (χ1) is 10.0. The summed E-state index contributed by atoms with van der Waals surface area (Å²) in [5, 5.41) is 11.6. The molecule has 0 atom stereocenters. The lowest BCUT2D eigenvalue weighted by Gasteiger charge is -2.03. The molecular formula is C14H14N2O5. The van der Waals surface area contributed by atoms with Crippen LogP contribution in [0.2, 0.25) is 0 Å². The van der Waals surface area contributed by atoms with Crippen molar-refractivity contribution in [1.29, 1.82) is 0 Å². The first kappa shape index (κ1) is 14.6. The quantitative estimate of drug-likeness (QED) is 0.799. The van der Waals surface area contributed by atoms with Crippen LogP contribution < -0.4 is 5.56 Å². The molecule has 0 fully saturated rings. The number of carboxylic acids is 1. The van der Waals surface area contributed by atoms with Gasteiger partial charge in [-0.2, -0.15) is 0 Å². The molecule has 0 aliphatic rings. The number of ether oxygens (including phenoxy) is 1. The van der Waals surface area contributed by atoms with Gasteiger partial charge in [0.15, 0.2) is 0 Å². The van der Waals surface area contributed by atoms with E-state index in [1.54, 1.807) is 6.92 Å². The normalized spacial score (nSPS) is 10.3. The van der Waals surface area contributed by atoms with Crippen molar-refractivity contribution in [3.8, 4) is 5.69 Å². The Morgan fingerprint density at radius 1 is 1.29 bits per heavy atom. The zero-order valence-electron chi connectivity index (χ0n) is 11.3. The molecule has 7 heteroatoms. The average molecular weight is 290 g/mol. The number of aromatic carboxylic acids is 1. The van der Waals surface area contributed by atoms with Gasteiger partial charge in [0.2, 0.25) is 0 Å². The van der Waals surface area contributed by atoms with Gasteiger partial charge in [-0.15, -0.1) is 0 Å². The Bertz CT molecular complexity index is 712. The standard InChI is InChI=1S/C14H14N2O5/c1-2-21-13(18)8-10-7-12(17)16(15-10)11-5-3-9(4-6-11)14(19)20/h3-7,15H,2,8H2,1H3,(H,19,20). The molecule has 0 spiro atoms. The highest BCUT2D eigenvalue weighted by Crippen LogP contribution is 2.08. The molecule has 0 bridgehead atoms. The molecule has 1 aromatic carbocycles. The molecular weight excluding hydrogens is 276 g/mol. The predicted octanol–water partition coefficient (Wildman–Crippen LogP) is 0.969. The maximum absolute atomic E-state index is 11.9. The minimum Gasteiger partial charge on any atom is -0.478 e. The SMILES string of the molecule is CCOC(=O)Cc1cc(=O)n(-c2ccc(C(=O)O)cc2)[nH]1. The van der Waals surface area contributed by atoms with Crippen LogP contribution in [0.25, 0.3) is 5.69 Å². The van der Waals surface area contributed by atoms with Crippen LogP contribution in [-0.2, 0) is 16.0 Å². The zero-order chi connectivity index (χ0) is 15.4. The van der Waals surface area contributed by atoms with Crippen LogP contribution in [-0.4, -0.2) is 33.4 Å². The van der Waals surface area contributed by atoms with E-state index in [4.69, 9.17) is 9.84 Å². The number of hydrogen-bond acceptors (Lipinski definition) is 4. The van der Waals surface area contributed by atoms with Gasteiger partial charge in [0.1, 0.15) is 0 Å². The lowest BCUT2D eigenvalue weighted by atomic mass is 10.2. The molecule has 2 N–H and O–H groups in total. The van der Waals surface area contributed by atoms with Crippen molar-refractivity contribution in [3.05, 3.63) is 51.9 Å². The van der Waals surface area contributed by atoms with Crippen molar-refractivity contribution >= 4 is 11.9 Å². The minimum absolute atomic E-state index is 0.0245. The summed E-state index contributed by atoms with van der Waals surface area (Å²) in [6.07, 6.45) is -0.0245. The number of hydrogen-bond donors (Lipinski definition) is 2. The molecule has 0 aliphatic carbocycles. The van der Waals surface area contributed by atoms with Crippen molar-refractivity contribution in [3.63, 3.8) is 0 Å². The second-order valence-corrected chi connectivity index (χ2v) is 4.29. The number of aromatic amines is 1. The second kappa shape index (κ2) is 6.08. The molecule has 110 valence electrons. The molecule has 2 rings (SSSR count). The number of aromatic nitrogens is 2. The Kier molecular flexibility index (Phi) is 4.22. The number of esters is 1. The van der Waals surface area contributed by atoms with Crippen molar-refractivity contribution in [1.82, 2.24) is 9.78 Å². The van der Waals surface area contributed by atoms with Crippen molar-refractivity contribution in [2.24, 2.45) is 0 Å². The van der Waals surface area contributed by atoms with Gasteiger partial charge in [-0.05, 0) is 31.2 Å². The third kappa shape index (κ3) is 3.38. The number of benzene rings is 1. The summed E-state index contributed by atoms with van der Waals surface area (Å²) in [6, 6.07) is 7.12. The van der Waals surface area contributed by atoms with Gasteiger partial charge in [-0.3, -0.25) is 14.7 Å². The van der Waals surface area contributed by atoms with Gasteiger partial charge in [-0.25, -0.2) is 9.48 Å². The smallest absolute Gasteiger partial charge is 0.335 e. The summed E-state index contributed by atoms with van der Waals surface area (Å²) in [5.74, 6) is -1.46. The number of carbonyl (C=O) groups is 2. The van der Waals surface area contributed by atoms with Crippen molar-refractivity contribution in [2.45, 2.75) is 13.3 Å². The molecule has 2 aromatic rings. The molecule has 0 unspecified atom stereocenters. The molecule has 1 aromatic heterocycles. The number of rotatable bonds is 5. The van der Waals surface area contributed by atoms with E-state index in [1.165, 1.54) is 35.0 Å². The summed E-state index contributed by atoms with van der Waals surface area (Å²) in [6.45, 7) is 1.98. The van der Waals surface area contributed by atoms with Gasteiger partial charge in [0.05, 0.1) is 24.3 Å². The maximum Gasteiger partial charge on any atom is 0.335 e. The Morgan fingerprint density at radius 3 is 2.52 bits per heavy atom. The fourth-order valence-electron chi connectivity index (χ4n) is 1.85. The van der Waals surface area contributed by atoms with E-state index in [2.05, 4.69) is 5.10 Å². The molecule has 21 heavy (non-hydrogen) atoms. The zero-order valence-corrected chi connectivity index (χ0v) is 11.3. The fraction of sp³-hybridized carbons (Fsp3) is 0.214. The lowest BCUT2D eigenvalue weighted by Crippen LogP contribution is -2.13. The number of nitrogens with one attached hydrogen (secondary N) is 1. The Hall–Kier alpha value is -2.83. The van der Waals surface area contributed by atoms with Gasteiger partial charge in [-0.1, -0.05) is 0 Å². The first-order valence-electron chi connectivity index (χ1n) is 6.31. The number of H-pyrrole nitrogens is 1. The van der Waals surface area contributed by atoms with Crippen LogP contribution in [0, 0.1) is 0 Å². The van der Waals surface area contributed by atoms with E-state index >= 15 is 0 Å². The van der Waals surface area contributed by atoms with Gasteiger partial charge in [0, 0.05) is 11.8 Å². The molecule has 0 aliphatic heterocycles. The summed E-state index contributed by atoms with van der Waals surface area (Å²) in [7, 11) is 0.